The van der Waals surface area contributed by atoms with E-state index in [1.807, 2.05) is 6.07 Å². The minimum atomic E-state index is -1.29. The van der Waals surface area contributed by atoms with E-state index in [1.165, 1.54) is 30.3 Å². The molecular formula is C26H26Cl2FN3O4. The van der Waals surface area contributed by atoms with Gasteiger partial charge in [-0.25, -0.2) is 4.39 Å². The van der Waals surface area contributed by atoms with E-state index in [-0.39, 0.29) is 41.3 Å². The van der Waals surface area contributed by atoms with Crippen LogP contribution in [0.4, 0.5) is 10.1 Å². The molecule has 0 heterocycles. The van der Waals surface area contributed by atoms with Gasteiger partial charge in [0.2, 0.25) is 0 Å². The Morgan fingerprint density at radius 1 is 1.14 bits per heavy atom. The molecule has 7 nitrogen and oxygen atoms in total. The van der Waals surface area contributed by atoms with E-state index >= 15 is 0 Å². The number of hydrogen-bond acceptors (Lipinski definition) is 6. The maximum absolute atomic E-state index is 13.4. The number of rotatable bonds is 10. The fourth-order valence-corrected chi connectivity index (χ4v) is 4.02. The van der Waals surface area contributed by atoms with Crippen molar-refractivity contribution >= 4 is 29.7 Å². The Balaban J connectivity index is 0.00000456. The highest BCUT2D eigenvalue weighted by atomic mass is 35.5. The maximum Gasteiger partial charge on any atom is 0.312 e. The summed E-state index contributed by atoms with van der Waals surface area (Å²) in [5.41, 5.74) is 1.09. The first-order chi connectivity index (χ1) is 16.6. The van der Waals surface area contributed by atoms with Crippen molar-refractivity contribution in [2.45, 2.75) is 31.6 Å². The Kier molecular flexibility index (Phi) is 10.2. The van der Waals surface area contributed by atoms with Gasteiger partial charge < -0.3 is 9.84 Å². The minimum absolute atomic E-state index is 0. The molecule has 0 amide bonds. The van der Waals surface area contributed by atoms with Crippen LogP contribution >= 0.6 is 24.0 Å². The summed E-state index contributed by atoms with van der Waals surface area (Å²) in [5, 5.41) is 32.2. The number of nitrogens with zero attached hydrogens (tertiary/aromatic N) is 3. The molecule has 3 aromatic rings. The molecule has 3 aromatic carbocycles. The van der Waals surface area contributed by atoms with E-state index in [2.05, 4.69) is 6.07 Å². The first-order valence-electron chi connectivity index (χ1n) is 10.9. The molecule has 10 heteroatoms. The van der Waals surface area contributed by atoms with Crippen molar-refractivity contribution in [2.75, 3.05) is 14.1 Å². The molecule has 0 aromatic heterocycles. The number of benzene rings is 3. The van der Waals surface area contributed by atoms with Crippen LogP contribution in [0.2, 0.25) is 5.02 Å². The van der Waals surface area contributed by atoms with Crippen molar-refractivity contribution in [1.29, 1.82) is 5.26 Å². The summed E-state index contributed by atoms with van der Waals surface area (Å²) < 4.78 is 19.1. The number of nitriles is 1. The highest BCUT2D eigenvalue weighted by molar-refractivity contribution is 6.30. The molecule has 36 heavy (non-hydrogen) atoms. The lowest BCUT2D eigenvalue weighted by atomic mass is 9.93. The van der Waals surface area contributed by atoms with Crippen molar-refractivity contribution < 1.29 is 19.2 Å². The minimum Gasteiger partial charge on any atom is -0.482 e. The Morgan fingerprint density at radius 3 is 2.44 bits per heavy atom. The van der Waals surface area contributed by atoms with Gasteiger partial charge in [0.1, 0.15) is 18.1 Å². The fourth-order valence-electron chi connectivity index (χ4n) is 3.85. The Morgan fingerprint density at radius 2 is 1.83 bits per heavy atom. The number of ether oxygens (including phenoxy) is 1. The number of hydrogen-bond donors (Lipinski definition) is 1. The first-order valence-corrected chi connectivity index (χ1v) is 11.3. The average molecular weight is 534 g/mol. The molecule has 0 aliphatic rings. The van der Waals surface area contributed by atoms with Gasteiger partial charge in [0.15, 0.2) is 5.75 Å². The van der Waals surface area contributed by atoms with E-state index in [1.54, 1.807) is 43.3 Å². The van der Waals surface area contributed by atoms with E-state index in [4.69, 9.17) is 16.3 Å². The second-order valence-corrected chi connectivity index (χ2v) is 8.76. The van der Waals surface area contributed by atoms with Crippen LogP contribution in [-0.4, -0.2) is 29.0 Å². The van der Waals surface area contributed by atoms with E-state index in [0.29, 0.717) is 36.0 Å². The number of halogens is 3. The van der Waals surface area contributed by atoms with Crippen LogP contribution in [-0.2, 0) is 18.8 Å². The molecule has 0 radical (unpaired) electrons. The molecule has 0 aliphatic carbocycles. The summed E-state index contributed by atoms with van der Waals surface area (Å²) in [4.78, 5) is 12.5. The summed E-state index contributed by atoms with van der Waals surface area (Å²) in [6.45, 7) is 0.0171. The van der Waals surface area contributed by atoms with Gasteiger partial charge in [-0.1, -0.05) is 29.8 Å². The lowest BCUT2D eigenvalue weighted by Gasteiger charge is -2.35. The molecular weight excluding hydrogens is 508 g/mol. The van der Waals surface area contributed by atoms with Crippen LogP contribution in [0.1, 0.15) is 35.1 Å². The topological polar surface area (TPSA) is 99.6 Å². The number of nitro benzene ring substituents is 1. The number of nitro groups is 1. The quantitative estimate of drug-likeness (QED) is 0.195. The van der Waals surface area contributed by atoms with Crippen LogP contribution in [0.15, 0.2) is 60.7 Å². The van der Waals surface area contributed by atoms with Crippen LogP contribution in [0.3, 0.4) is 0 Å². The monoisotopic (exact) mass is 533 g/mol. The Bertz CT molecular complexity index is 1250. The second-order valence-electron chi connectivity index (χ2n) is 8.32. The lowest BCUT2D eigenvalue weighted by Crippen LogP contribution is -2.41. The zero-order valence-electron chi connectivity index (χ0n) is 19.8. The largest absolute Gasteiger partial charge is 0.482 e. The molecule has 3 rings (SSSR count). The van der Waals surface area contributed by atoms with Gasteiger partial charge in [-0.2, -0.15) is 5.26 Å². The Labute approximate surface area is 220 Å². The Hall–Kier alpha value is -3.22. The van der Waals surface area contributed by atoms with E-state index in [9.17, 15) is 24.9 Å². The maximum atomic E-state index is 13.4. The average Bonchev–Trinajstić information content (AvgIpc) is 2.83. The van der Waals surface area contributed by atoms with Crippen LogP contribution < -0.4 is 4.74 Å². The van der Waals surface area contributed by atoms with Gasteiger partial charge in [0.25, 0.3) is 0 Å². The van der Waals surface area contributed by atoms with Gasteiger partial charge in [0.05, 0.1) is 16.6 Å². The van der Waals surface area contributed by atoms with Crippen molar-refractivity contribution in [3.63, 3.8) is 0 Å². The molecule has 1 N–H and O–H groups in total. The molecule has 0 bridgehead atoms. The molecule has 1 unspecified atom stereocenters. The third-order valence-electron chi connectivity index (χ3n) is 5.85. The second kappa shape index (κ2) is 12.7. The highest BCUT2D eigenvalue weighted by Crippen LogP contribution is 2.32. The molecule has 0 aliphatic heterocycles. The summed E-state index contributed by atoms with van der Waals surface area (Å²) in [6, 6.07) is 17.2. The molecule has 0 spiro atoms. The zero-order chi connectivity index (χ0) is 25.6. The molecule has 190 valence electrons. The van der Waals surface area contributed by atoms with Gasteiger partial charge in [-0.05, 0) is 86.4 Å². The van der Waals surface area contributed by atoms with Crippen LogP contribution in [0.25, 0.3) is 0 Å². The van der Waals surface area contributed by atoms with Gasteiger partial charge in [-0.3, -0.25) is 15.0 Å². The summed E-state index contributed by atoms with van der Waals surface area (Å²) >= 11 is 5.87. The normalized spacial score (nSPS) is 12.4. The van der Waals surface area contributed by atoms with Gasteiger partial charge >= 0.3 is 5.69 Å². The van der Waals surface area contributed by atoms with Crippen molar-refractivity contribution in [1.82, 2.24) is 4.90 Å². The van der Waals surface area contributed by atoms with Crippen molar-refractivity contribution in [3.8, 4) is 11.8 Å². The molecule has 0 saturated heterocycles. The molecule has 1 atom stereocenters. The van der Waals surface area contributed by atoms with Gasteiger partial charge in [0, 0.05) is 11.1 Å². The van der Waals surface area contributed by atoms with E-state index < -0.39 is 10.6 Å². The smallest absolute Gasteiger partial charge is 0.312 e. The van der Waals surface area contributed by atoms with Crippen LogP contribution in [0.5, 0.6) is 5.75 Å². The summed E-state index contributed by atoms with van der Waals surface area (Å²) in [5.74, 6) is -0.302. The number of aliphatic hydroxyl groups is 1. The van der Waals surface area contributed by atoms with Crippen molar-refractivity contribution in [3.05, 3.63) is 104 Å². The zero-order valence-corrected chi connectivity index (χ0v) is 21.4. The van der Waals surface area contributed by atoms with Gasteiger partial charge in [-0.15, -0.1) is 12.4 Å². The SMILES string of the molecule is CN(C)C(O)(CCCc1ccc(C#N)cc1COc1ccc(Cl)cc1[N+](=O)[O-])c1ccc(F)cc1.Cl. The standard InChI is InChI=1S/C26H25ClFN3O4.ClH/c1-30(2)26(32,21-7-10-23(28)11-8-21)13-3-4-19-6-5-18(16-29)14-20(19)17-35-25-12-9-22(27)15-24(25)31(33)34;/h5-12,14-15,32H,3-4,13,17H2,1-2H3;1H. The molecule has 0 fully saturated rings. The number of aryl methyl sites for hydroxylation is 1. The van der Waals surface area contributed by atoms with E-state index in [0.717, 1.165) is 5.56 Å². The predicted octanol–water partition coefficient (Wildman–Crippen LogP) is 5.99. The predicted molar refractivity (Wildman–Crippen MR) is 138 cm³/mol. The van der Waals surface area contributed by atoms with Crippen LogP contribution in [0, 0.1) is 27.3 Å². The fraction of sp³-hybridized carbons (Fsp3) is 0.269. The third kappa shape index (κ3) is 6.93. The first kappa shape index (κ1) is 29.0. The molecule has 0 saturated carbocycles. The third-order valence-corrected chi connectivity index (χ3v) is 6.09. The summed E-state index contributed by atoms with van der Waals surface area (Å²) in [6.07, 6.45) is 1.51. The highest BCUT2D eigenvalue weighted by Gasteiger charge is 2.31. The lowest BCUT2D eigenvalue weighted by molar-refractivity contribution is -0.385. The summed E-state index contributed by atoms with van der Waals surface area (Å²) in [7, 11) is 3.51. The van der Waals surface area contributed by atoms with Crippen molar-refractivity contribution in [2.24, 2.45) is 0 Å².